The zero-order chi connectivity index (χ0) is 20.4. The largest absolute Gasteiger partial charge is 0.478 e. The van der Waals surface area contributed by atoms with Crippen LogP contribution in [0.15, 0.2) is 65.6 Å². The van der Waals surface area contributed by atoms with E-state index < -0.39 is 12.1 Å². The molecule has 0 aliphatic heterocycles. The number of carboxylic acid groups (broad SMARTS) is 1. The highest BCUT2D eigenvalue weighted by atomic mass is 16.4. The molecule has 0 spiro atoms. The summed E-state index contributed by atoms with van der Waals surface area (Å²) in [5.41, 5.74) is 1.90. The molecule has 146 valence electrons. The SMILES string of the molecule is O=C(O)c1cccc2[nH]c(-c3c(NC[C@H](O)c4ccccc4)cc[nH]c3=O)nc12. The third-order valence-electron chi connectivity index (χ3n) is 4.61. The number of anilines is 1. The molecule has 8 heteroatoms. The summed E-state index contributed by atoms with van der Waals surface area (Å²) < 4.78 is 0. The quantitative estimate of drug-likeness (QED) is 0.344. The Hall–Kier alpha value is -3.91. The number of nitrogens with zero attached hydrogens (tertiary/aromatic N) is 1. The number of aromatic amines is 2. The average molecular weight is 390 g/mol. The third-order valence-corrected chi connectivity index (χ3v) is 4.61. The van der Waals surface area contributed by atoms with Gasteiger partial charge >= 0.3 is 5.97 Å². The fourth-order valence-corrected chi connectivity index (χ4v) is 3.18. The molecule has 0 unspecified atom stereocenters. The van der Waals surface area contributed by atoms with Crippen molar-refractivity contribution in [2.45, 2.75) is 6.10 Å². The lowest BCUT2D eigenvalue weighted by Crippen LogP contribution is -2.17. The van der Waals surface area contributed by atoms with Crippen molar-refractivity contribution in [3.05, 3.63) is 82.3 Å². The van der Waals surface area contributed by atoms with Crippen LogP contribution in [0.5, 0.6) is 0 Å². The summed E-state index contributed by atoms with van der Waals surface area (Å²) >= 11 is 0. The fourth-order valence-electron chi connectivity index (χ4n) is 3.18. The van der Waals surface area contributed by atoms with Crippen LogP contribution in [0.4, 0.5) is 5.69 Å². The van der Waals surface area contributed by atoms with Gasteiger partial charge in [0.2, 0.25) is 0 Å². The van der Waals surface area contributed by atoms with E-state index in [-0.39, 0.29) is 34.6 Å². The van der Waals surface area contributed by atoms with Crippen LogP contribution in [-0.4, -0.2) is 37.7 Å². The third kappa shape index (κ3) is 3.61. The lowest BCUT2D eigenvalue weighted by atomic mass is 10.1. The molecule has 0 saturated carbocycles. The van der Waals surface area contributed by atoms with Crippen molar-refractivity contribution >= 4 is 22.7 Å². The van der Waals surface area contributed by atoms with E-state index in [0.29, 0.717) is 11.2 Å². The Morgan fingerprint density at radius 3 is 2.66 bits per heavy atom. The van der Waals surface area contributed by atoms with E-state index >= 15 is 0 Å². The monoisotopic (exact) mass is 390 g/mol. The van der Waals surface area contributed by atoms with Crippen LogP contribution in [0, 0.1) is 0 Å². The second kappa shape index (κ2) is 7.61. The second-order valence-electron chi connectivity index (χ2n) is 6.50. The zero-order valence-corrected chi connectivity index (χ0v) is 15.2. The minimum absolute atomic E-state index is 0.0476. The summed E-state index contributed by atoms with van der Waals surface area (Å²) in [4.78, 5) is 33.9. The van der Waals surface area contributed by atoms with Crippen molar-refractivity contribution in [1.29, 1.82) is 0 Å². The molecule has 2 aromatic heterocycles. The maximum Gasteiger partial charge on any atom is 0.337 e. The first-order chi connectivity index (χ1) is 14.0. The molecule has 0 bridgehead atoms. The molecule has 0 aliphatic rings. The number of pyridine rings is 1. The van der Waals surface area contributed by atoms with Crippen molar-refractivity contribution in [2.24, 2.45) is 0 Å². The number of carboxylic acids is 1. The number of benzene rings is 2. The van der Waals surface area contributed by atoms with E-state index in [1.165, 1.54) is 12.3 Å². The number of H-pyrrole nitrogens is 2. The number of fused-ring (bicyclic) bond motifs is 1. The van der Waals surface area contributed by atoms with Crippen molar-refractivity contribution < 1.29 is 15.0 Å². The average Bonchev–Trinajstić information content (AvgIpc) is 3.16. The smallest absolute Gasteiger partial charge is 0.337 e. The van der Waals surface area contributed by atoms with Gasteiger partial charge < -0.3 is 25.5 Å². The molecule has 29 heavy (non-hydrogen) atoms. The second-order valence-corrected chi connectivity index (χ2v) is 6.50. The number of para-hydroxylation sites is 1. The number of imidazole rings is 1. The summed E-state index contributed by atoms with van der Waals surface area (Å²) in [6.45, 7) is 0.182. The topological polar surface area (TPSA) is 131 Å². The number of rotatable bonds is 6. The maximum atomic E-state index is 12.5. The van der Waals surface area contributed by atoms with Crippen molar-refractivity contribution in [2.75, 3.05) is 11.9 Å². The molecule has 0 radical (unpaired) electrons. The summed E-state index contributed by atoms with van der Waals surface area (Å²) in [6.07, 6.45) is 0.728. The molecular weight excluding hydrogens is 372 g/mol. The highest BCUT2D eigenvalue weighted by Gasteiger charge is 2.18. The van der Waals surface area contributed by atoms with Gasteiger partial charge in [-0.05, 0) is 23.8 Å². The molecule has 4 aromatic rings. The molecular formula is C21H18N4O4. The van der Waals surface area contributed by atoms with Crippen LogP contribution in [0.2, 0.25) is 0 Å². The summed E-state index contributed by atoms with van der Waals surface area (Å²) in [6, 6.07) is 15.6. The summed E-state index contributed by atoms with van der Waals surface area (Å²) in [7, 11) is 0. The molecule has 8 nitrogen and oxygen atoms in total. The molecule has 4 rings (SSSR count). The Balaban J connectivity index is 1.70. The van der Waals surface area contributed by atoms with Crippen LogP contribution in [0.1, 0.15) is 22.0 Å². The molecule has 1 atom stereocenters. The Bertz CT molecular complexity index is 1230. The van der Waals surface area contributed by atoms with Gasteiger partial charge in [0.05, 0.1) is 22.9 Å². The van der Waals surface area contributed by atoms with Crippen LogP contribution in [-0.2, 0) is 0 Å². The van der Waals surface area contributed by atoms with Crippen molar-refractivity contribution in [3.63, 3.8) is 0 Å². The lowest BCUT2D eigenvalue weighted by molar-refractivity contribution is 0.0699. The fraction of sp³-hybridized carbons (Fsp3) is 0.0952. The Morgan fingerprint density at radius 2 is 1.90 bits per heavy atom. The predicted molar refractivity (Wildman–Crippen MR) is 109 cm³/mol. The number of nitrogens with one attached hydrogen (secondary N) is 3. The lowest BCUT2D eigenvalue weighted by Gasteiger charge is -2.14. The number of aromatic carboxylic acids is 1. The van der Waals surface area contributed by atoms with Gasteiger partial charge in [-0.15, -0.1) is 0 Å². The van der Waals surface area contributed by atoms with Gasteiger partial charge in [0.1, 0.15) is 16.9 Å². The van der Waals surface area contributed by atoms with Gasteiger partial charge in [-0.25, -0.2) is 9.78 Å². The van der Waals surface area contributed by atoms with E-state index in [2.05, 4.69) is 20.3 Å². The zero-order valence-electron chi connectivity index (χ0n) is 15.2. The van der Waals surface area contributed by atoms with Crippen LogP contribution in [0.3, 0.4) is 0 Å². The molecule has 0 amide bonds. The molecule has 0 aliphatic carbocycles. The molecule has 0 saturated heterocycles. The Labute approximate surface area is 164 Å². The van der Waals surface area contributed by atoms with Gasteiger partial charge in [-0.2, -0.15) is 0 Å². The van der Waals surface area contributed by atoms with Crippen molar-refractivity contribution in [3.8, 4) is 11.4 Å². The van der Waals surface area contributed by atoms with E-state index in [4.69, 9.17) is 0 Å². The highest BCUT2D eigenvalue weighted by Crippen LogP contribution is 2.26. The first-order valence-electron chi connectivity index (χ1n) is 8.95. The van der Waals surface area contributed by atoms with E-state index in [9.17, 15) is 19.8 Å². The van der Waals surface area contributed by atoms with Gasteiger partial charge in [0.15, 0.2) is 0 Å². The van der Waals surface area contributed by atoms with Crippen LogP contribution >= 0.6 is 0 Å². The minimum atomic E-state index is -1.10. The first-order valence-corrected chi connectivity index (χ1v) is 8.95. The Kier molecular flexibility index (Phi) is 4.84. The maximum absolute atomic E-state index is 12.5. The van der Waals surface area contributed by atoms with Crippen LogP contribution in [0.25, 0.3) is 22.4 Å². The molecule has 2 heterocycles. The number of aromatic nitrogens is 3. The number of aliphatic hydroxyl groups excluding tert-OH is 1. The highest BCUT2D eigenvalue weighted by molar-refractivity contribution is 6.01. The molecule has 5 N–H and O–H groups in total. The number of carbonyl (C=O) groups is 1. The van der Waals surface area contributed by atoms with E-state index in [1.54, 1.807) is 18.2 Å². The van der Waals surface area contributed by atoms with E-state index in [0.717, 1.165) is 5.56 Å². The first kappa shape index (κ1) is 18.5. The summed E-state index contributed by atoms with van der Waals surface area (Å²) in [5.74, 6) is -0.854. The van der Waals surface area contributed by atoms with Gasteiger partial charge in [-0.3, -0.25) is 4.79 Å². The predicted octanol–water partition coefficient (Wildman–Crippen LogP) is 2.76. The number of aliphatic hydroxyl groups is 1. The number of hydrogen-bond donors (Lipinski definition) is 5. The standard InChI is InChI=1S/C21H18N4O4/c26-16(12-5-2-1-3-6-12)11-23-14-9-10-22-20(27)17(14)19-24-15-8-4-7-13(21(28)29)18(15)25-19/h1-10,16,26H,11H2,(H,24,25)(H,28,29)(H2,22,23,27)/t16-/m0/s1. The molecule has 2 aromatic carbocycles. The Morgan fingerprint density at radius 1 is 1.10 bits per heavy atom. The van der Waals surface area contributed by atoms with Gasteiger partial charge in [0, 0.05) is 12.7 Å². The van der Waals surface area contributed by atoms with E-state index in [1.807, 2.05) is 30.3 Å². The van der Waals surface area contributed by atoms with Gasteiger partial charge in [-0.1, -0.05) is 36.4 Å². The summed E-state index contributed by atoms with van der Waals surface area (Å²) in [5, 5.41) is 22.8. The minimum Gasteiger partial charge on any atom is -0.478 e. The van der Waals surface area contributed by atoms with Crippen molar-refractivity contribution in [1.82, 2.24) is 15.0 Å². The van der Waals surface area contributed by atoms with Crippen LogP contribution < -0.4 is 10.9 Å². The number of hydrogen-bond acceptors (Lipinski definition) is 5. The molecule has 0 fully saturated rings. The normalized spacial score (nSPS) is 12.0. The van der Waals surface area contributed by atoms with Gasteiger partial charge in [0.25, 0.3) is 5.56 Å².